The minimum Gasteiger partial charge on any atom is -0.376 e. The van der Waals surface area contributed by atoms with Crippen molar-refractivity contribution in [3.8, 4) is 0 Å². The van der Waals surface area contributed by atoms with Gasteiger partial charge in [0.2, 0.25) is 5.91 Å². The zero-order valence-electron chi connectivity index (χ0n) is 18.8. The quantitative estimate of drug-likeness (QED) is 0.594. The van der Waals surface area contributed by atoms with Gasteiger partial charge in [0.25, 0.3) is 5.91 Å². The number of thioether (sulfide) groups is 1. The molecule has 2 aromatic rings. The van der Waals surface area contributed by atoms with Crippen LogP contribution in [0.15, 0.2) is 29.4 Å². The first kappa shape index (κ1) is 23.3. The third-order valence-electron chi connectivity index (χ3n) is 5.61. The maximum atomic E-state index is 12.6. The van der Waals surface area contributed by atoms with Crippen molar-refractivity contribution in [1.29, 1.82) is 0 Å². The summed E-state index contributed by atoms with van der Waals surface area (Å²) in [5.41, 5.74) is 3.29. The first-order valence-corrected chi connectivity index (χ1v) is 11.9. The summed E-state index contributed by atoms with van der Waals surface area (Å²) in [7, 11) is 0. The molecule has 168 valence electrons. The van der Waals surface area contributed by atoms with Gasteiger partial charge in [0.15, 0.2) is 5.16 Å². The number of imidazole rings is 1. The molecule has 7 nitrogen and oxygen atoms in total. The summed E-state index contributed by atoms with van der Waals surface area (Å²) in [5, 5.41) is 3.74. The lowest BCUT2D eigenvalue weighted by Crippen LogP contribution is -2.30. The Balaban J connectivity index is 1.61. The largest absolute Gasteiger partial charge is 0.376 e. The SMILES string of the molecule is CCN(CC)C(=O)c1cccc(NC(=O)CSc2nc(C)c(C)n2CC2CCCO2)c1. The maximum Gasteiger partial charge on any atom is 0.253 e. The van der Waals surface area contributed by atoms with Crippen molar-refractivity contribution in [2.75, 3.05) is 30.8 Å². The number of aromatic nitrogens is 2. The summed E-state index contributed by atoms with van der Waals surface area (Å²) in [6, 6.07) is 7.10. The zero-order valence-corrected chi connectivity index (χ0v) is 19.6. The second-order valence-electron chi connectivity index (χ2n) is 7.71. The van der Waals surface area contributed by atoms with E-state index < -0.39 is 0 Å². The lowest BCUT2D eigenvalue weighted by molar-refractivity contribution is -0.113. The number of aryl methyl sites for hydroxylation is 1. The molecule has 2 heterocycles. The predicted molar refractivity (Wildman–Crippen MR) is 124 cm³/mol. The van der Waals surface area contributed by atoms with Gasteiger partial charge in [-0.2, -0.15) is 0 Å². The third kappa shape index (κ3) is 5.89. The van der Waals surface area contributed by atoms with E-state index in [1.807, 2.05) is 20.8 Å². The summed E-state index contributed by atoms with van der Waals surface area (Å²) in [6.45, 7) is 10.8. The van der Waals surface area contributed by atoms with Crippen LogP contribution in [0, 0.1) is 13.8 Å². The molecule has 31 heavy (non-hydrogen) atoms. The molecule has 1 fully saturated rings. The lowest BCUT2D eigenvalue weighted by Gasteiger charge is -2.19. The molecule has 2 amide bonds. The molecule has 1 aromatic heterocycles. The molecule has 1 aliphatic heterocycles. The van der Waals surface area contributed by atoms with Crippen LogP contribution in [-0.2, 0) is 16.1 Å². The number of benzene rings is 1. The normalized spacial score (nSPS) is 15.8. The van der Waals surface area contributed by atoms with Gasteiger partial charge >= 0.3 is 0 Å². The van der Waals surface area contributed by atoms with Crippen LogP contribution in [0.25, 0.3) is 0 Å². The van der Waals surface area contributed by atoms with Crippen LogP contribution in [0.4, 0.5) is 5.69 Å². The third-order valence-corrected chi connectivity index (χ3v) is 6.59. The van der Waals surface area contributed by atoms with Crippen molar-refractivity contribution in [2.24, 2.45) is 0 Å². The van der Waals surface area contributed by atoms with Crippen molar-refractivity contribution in [1.82, 2.24) is 14.5 Å². The van der Waals surface area contributed by atoms with Crippen molar-refractivity contribution in [3.63, 3.8) is 0 Å². The summed E-state index contributed by atoms with van der Waals surface area (Å²) in [6.07, 6.45) is 2.37. The molecule has 3 rings (SSSR count). The number of ether oxygens (including phenoxy) is 1. The number of carbonyl (C=O) groups excluding carboxylic acids is 2. The topological polar surface area (TPSA) is 76.5 Å². The van der Waals surface area contributed by atoms with Crippen molar-refractivity contribution < 1.29 is 14.3 Å². The predicted octanol–water partition coefficient (Wildman–Crippen LogP) is 3.89. The van der Waals surface area contributed by atoms with E-state index >= 15 is 0 Å². The van der Waals surface area contributed by atoms with Crippen LogP contribution in [-0.4, -0.2) is 57.8 Å². The van der Waals surface area contributed by atoms with Crippen LogP contribution in [0.2, 0.25) is 0 Å². The van der Waals surface area contributed by atoms with Crippen LogP contribution in [0.1, 0.15) is 48.4 Å². The lowest BCUT2D eigenvalue weighted by atomic mass is 10.1. The highest BCUT2D eigenvalue weighted by molar-refractivity contribution is 7.99. The number of carbonyl (C=O) groups is 2. The van der Waals surface area contributed by atoms with Gasteiger partial charge in [0.05, 0.1) is 24.1 Å². The Labute approximate surface area is 188 Å². The number of nitrogens with zero attached hydrogens (tertiary/aromatic N) is 3. The van der Waals surface area contributed by atoms with Crippen molar-refractivity contribution in [2.45, 2.75) is 58.3 Å². The molecular formula is C23H32N4O3S. The van der Waals surface area contributed by atoms with Gasteiger partial charge < -0.3 is 19.5 Å². The average Bonchev–Trinajstić information content (AvgIpc) is 3.37. The van der Waals surface area contributed by atoms with Crippen LogP contribution in [0.3, 0.4) is 0 Å². The Morgan fingerprint density at radius 1 is 1.29 bits per heavy atom. The van der Waals surface area contributed by atoms with E-state index in [0.717, 1.165) is 42.5 Å². The molecule has 0 radical (unpaired) electrons. The number of hydrogen-bond donors (Lipinski definition) is 1. The van der Waals surface area contributed by atoms with Gasteiger partial charge in [-0.3, -0.25) is 9.59 Å². The average molecular weight is 445 g/mol. The molecule has 0 saturated carbocycles. The van der Waals surface area contributed by atoms with E-state index in [2.05, 4.69) is 21.8 Å². The Morgan fingerprint density at radius 3 is 2.74 bits per heavy atom. The van der Waals surface area contributed by atoms with Crippen LogP contribution in [0.5, 0.6) is 0 Å². The van der Waals surface area contributed by atoms with Crippen molar-refractivity contribution in [3.05, 3.63) is 41.2 Å². The highest BCUT2D eigenvalue weighted by Gasteiger charge is 2.21. The summed E-state index contributed by atoms with van der Waals surface area (Å²) < 4.78 is 7.94. The van der Waals surface area contributed by atoms with Crippen LogP contribution >= 0.6 is 11.8 Å². The Hall–Kier alpha value is -2.32. The fourth-order valence-electron chi connectivity index (χ4n) is 3.69. The van der Waals surface area contributed by atoms with E-state index in [1.165, 1.54) is 11.8 Å². The standard InChI is InChI=1S/C23H32N4O3S/c1-5-26(6-2)22(29)18-9-7-10-19(13-18)25-21(28)15-31-23-24-16(3)17(4)27(23)14-20-11-8-12-30-20/h7,9-10,13,20H,5-6,8,11-12,14-15H2,1-4H3,(H,25,28). The van der Waals surface area contributed by atoms with Crippen LogP contribution < -0.4 is 5.32 Å². The van der Waals surface area contributed by atoms with E-state index in [-0.39, 0.29) is 23.7 Å². The van der Waals surface area contributed by atoms with Gasteiger partial charge in [-0.15, -0.1) is 0 Å². The molecule has 1 aliphatic rings. The van der Waals surface area contributed by atoms with Gasteiger partial charge in [-0.25, -0.2) is 4.98 Å². The smallest absolute Gasteiger partial charge is 0.253 e. The van der Waals surface area contributed by atoms with E-state index in [9.17, 15) is 9.59 Å². The molecule has 1 unspecified atom stereocenters. The highest BCUT2D eigenvalue weighted by atomic mass is 32.2. The Morgan fingerprint density at radius 2 is 2.06 bits per heavy atom. The maximum absolute atomic E-state index is 12.6. The Kier molecular flexibility index (Phi) is 8.15. The number of rotatable bonds is 9. The minimum absolute atomic E-state index is 0.0300. The Bertz CT molecular complexity index is 918. The van der Waals surface area contributed by atoms with Gasteiger partial charge in [0, 0.05) is 36.6 Å². The second-order valence-corrected chi connectivity index (χ2v) is 8.65. The van der Waals surface area contributed by atoms with E-state index in [0.29, 0.717) is 24.3 Å². The molecule has 1 N–H and O–H groups in total. The zero-order chi connectivity index (χ0) is 22.4. The molecule has 8 heteroatoms. The van der Waals surface area contributed by atoms with Crippen molar-refractivity contribution >= 4 is 29.3 Å². The molecule has 1 aromatic carbocycles. The van der Waals surface area contributed by atoms with Gasteiger partial charge in [0.1, 0.15) is 0 Å². The fourth-order valence-corrected chi connectivity index (χ4v) is 4.59. The molecule has 0 aliphatic carbocycles. The molecular weight excluding hydrogens is 412 g/mol. The second kappa shape index (κ2) is 10.8. The fraction of sp³-hybridized carbons (Fsp3) is 0.522. The summed E-state index contributed by atoms with van der Waals surface area (Å²) in [4.78, 5) is 31.5. The minimum atomic E-state index is -0.126. The number of anilines is 1. The molecule has 1 atom stereocenters. The van der Waals surface area contributed by atoms with Gasteiger partial charge in [-0.05, 0) is 58.7 Å². The number of hydrogen-bond acceptors (Lipinski definition) is 5. The molecule has 0 bridgehead atoms. The first-order valence-electron chi connectivity index (χ1n) is 10.9. The van der Waals surface area contributed by atoms with E-state index in [1.54, 1.807) is 29.2 Å². The molecule has 0 spiro atoms. The summed E-state index contributed by atoms with van der Waals surface area (Å²) in [5.74, 6) is 0.0901. The van der Waals surface area contributed by atoms with Gasteiger partial charge in [-0.1, -0.05) is 17.8 Å². The first-order chi connectivity index (χ1) is 14.9. The summed E-state index contributed by atoms with van der Waals surface area (Å²) >= 11 is 1.42. The van der Waals surface area contributed by atoms with E-state index in [4.69, 9.17) is 4.74 Å². The number of amides is 2. The monoisotopic (exact) mass is 444 g/mol. The highest BCUT2D eigenvalue weighted by Crippen LogP contribution is 2.24. The number of nitrogens with one attached hydrogen (secondary N) is 1. The molecule has 1 saturated heterocycles.